The molecule has 1 aliphatic heterocycles. The maximum absolute atomic E-state index is 13.6. The zero-order valence-electron chi connectivity index (χ0n) is 22.9. The summed E-state index contributed by atoms with van der Waals surface area (Å²) in [6.07, 6.45) is -0.334. The lowest BCUT2D eigenvalue weighted by Crippen LogP contribution is -2.36. The molecule has 0 radical (unpaired) electrons. The Kier molecular flexibility index (Phi) is 9.50. The summed E-state index contributed by atoms with van der Waals surface area (Å²) in [6.45, 7) is 5.40. The fourth-order valence-electron chi connectivity index (χ4n) is 4.83. The second-order valence-corrected chi connectivity index (χ2v) is 10.4. The van der Waals surface area contributed by atoms with Gasteiger partial charge in [0.15, 0.2) is 0 Å². The molecule has 0 unspecified atom stereocenters. The zero-order valence-corrected chi connectivity index (χ0v) is 23.7. The molecule has 39 heavy (non-hydrogen) atoms. The molecule has 5 rings (SSSR count). The normalized spacial score (nSPS) is 14.7. The third-order valence-corrected chi connectivity index (χ3v) is 7.57. The van der Waals surface area contributed by atoms with Gasteiger partial charge < -0.3 is 20.1 Å². The molecule has 2 aromatic heterocycles. The van der Waals surface area contributed by atoms with Gasteiger partial charge in [-0.25, -0.2) is 0 Å². The number of nitrogens with zero attached hydrogens (tertiary/aromatic N) is 3. The highest BCUT2D eigenvalue weighted by Crippen LogP contribution is 2.35. The van der Waals surface area contributed by atoms with Crippen molar-refractivity contribution in [2.75, 3.05) is 37.0 Å². The molecular formula is C29H37F3N6S. The van der Waals surface area contributed by atoms with Crippen LogP contribution in [0.2, 0.25) is 0 Å². The van der Waals surface area contributed by atoms with E-state index in [0.29, 0.717) is 29.5 Å². The van der Waals surface area contributed by atoms with Gasteiger partial charge in [-0.15, -0.1) is 11.8 Å². The van der Waals surface area contributed by atoms with Crippen LogP contribution in [-0.4, -0.2) is 58.3 Å². The standard InChI is InChI=1S/C27H31F3N6S.C2H6/c1-35-12-10-19(11-13-35)32-23-4-3-5-25-22(23)15-26(36(25)17-27(28,29)30)24-14-20(33-34-24)16-31-18-6-8-21(37-2)9-7-18;1-2/h3-9,14-15,19,31-32H,10-13,16-17H2,1-2H3,(H,33,34);1-2H3. The number of H-pyrrole nitrogens is 1. The van der Waals surface area contributed by atoms with E-state index in [-0.39, 0.29) is 0 Å². The number of anilines is 2. The molecule has 0 saturated carbocycles. The number of hydrogen-bond acceptors (Lipinski definition) is 5. The minimum Gasteiger partial charge on any atom is -0.382 e. The number of likely N-dealkylation sites (tertiary alicyclic amines) is 1. The summed E-state index contributed by atoms with van der Waals surface area (Å²) in [6, 6.07) is 17.5. The Hall–Kier alpha value is -3.11. The van der Waals surface area contributed by atoms with Crippen LogP contribution in [-0.2, 0) is 13.1 Å². The summed E-state index contributed by atoms with van der Waals surface area (Å²) in [5.74, 6) is 0. The first-order chi connectivity index (χ1) is 18.8. The lowest BCUT2D eigenvalue weighted by molar-refractivity contribution is -0.139. The van der Waals surface area contributed by atoms with Gasteiger partial charge in [-0.1, -0.05) is 19.9 Å². The molecule has 3 heterocycles. The Morgan fingerprint density at radius 2 is 1.77 bits per heavy atom. The molecule has 3 N–H and O–H groups in total. The Morgan fingerprint density at radius 1 is 1.05 bits per heavy atom. The number of halogens is 3. The maximum atomic E-state index is 13.6. The van der Waals surface area contributed by atoms with E-state index in [1.807, 2.05) is 68.6 Å². The largest absolute Gasteiger partial charge is 0.406 e. The van der Waals surface area contributed by atoms with Gasteiger partial charge in [0.25, 0.3) is 0 Å². The third-order valence-electron chi connectivity index (χ3n) is 6.83. The van der Waals surface area contributed by atoms with Crippen molar-refractivity contribution in [3.63, 3.8) is 0 Å². The van der Waals surface area contributed by atoms with Crippen LogP contribution in [0.3, 0.4) is 0 Å². The second kappa shape index (κ2) is 12.8. The van der Waals surface area contributed by atoms with Gasteiger partial charge in [0.05, 0.1) is 23.4 Å². The summed E-state index contributed by atoms with van der Waals surface area (Å²) in [7, 11) is 2.11. The van der Waals surface area contributed by atoms with E-state index in [4.69, 9.17) is 0 Å². The number of thioether (sulfide) groups is 1. The Bertz CT molecular complexity index is 1340. The summed E-state index contributed by atoms with van der Waals surface area (Å²) in [4.78, 5) is 3.47. The number of rotatable bonds is 8. The maximum Gasteiger partial charge on any atom is 0.406 e. The molecule has 0 bridgehead atoms. The number of nitrogens with one attached hydrogen (secondary N) is 3. The van der Waals surface area contributed by atoms with E-state index in [0.717, 1.165) is 48.4 Å². The van der Waals surface area contributed by atoms with Crippen LogP contribution in [0.15, 0.2) is 59.5 Å². The van der Waals surface area contributed by atoms with Crippen LogP contribution in [0.1, 0.15) is 32.4 Å². The summed E-state index contributed by atoms with van der Waals surface area (Å²) in [5, 5.41) is 15.1. The van der Waals surface area contributed by atoms with Crippen molar-refractivity contribution in [1.29, 1.82) is 0 Å². The molecule has 0 atom stereocenters. The lowest BCUT2D eigenvalue weighted by Gasteiger charge is -2.30. The van der Waals surface area contributed by atoms with Crippen LogP contribution >= 0.6 is 11.8 Å². The first kappa shape index (κ1) is 28.9. The number of hydrogen-bond donors (Lipinski definition) is 3. The molecule has 210 valence electrons. The fourth-order valence-corrected chi connectivity index (χ4v) is 5.24. The van der Waals surface area contributed by atoms with Gasteiger partial charge in [-0.05, 0) is 87.8 Å². The van der Waals surface area contributed by atoms with Gasteiger partial charge in [0.1, 0.15) is 12.2 Å². The van der Waals surface area contributed by atoms with Crippen molar-refractivity contribution < 1.29 is 13.2 Å². The minimum atomic E-state index is -4.36. The molecule has 1 saturated heterocycles. The molecule has 0 amide bonds. The van der Waals surface area contributed by atoms with E-state index in [2.05, 4.69) is 32.8 Å². The third kappa shape index (κ3) is 7.30. The van der Waals surface area contributed by atoms with Crippen LogP contribution in [0.25, 0.3) is 22.3 Å². The van der Waals surface area contributed by atoms with Crippen molar-refractivity contribution in [3.8, 4) is 11.4 Å². The molecular weight excluding hydrogens is 521 g/mol. The predicted octanol–water partition coefficient (Wildman–Crippen LogP) is 7.46. The Morgan fingerprint density at radius 3 is 2.44 bits per heavy atom. The van der Waals surface area contributed by atoms with Crippen LogP contribution in [0, 0.1) is 0 Å². The number of piperidine rings is 1. The van der Waals surface area contributed by atoms with Crippen molar-refractivity contribution in [1.82, 2.24) is 19.7 Å². The second-order valence-electron chi connectivity index (χ2n) is 9.55. The fraction of sp³-hybridized carbons (Fsp3) is 0.414. The highest BCUT2D eigenvalue weighted by Gasteiger charge is 2.31. The topological polar surface area (TPSA) is 60.9 Å². The zero-order chi connectivity index (χ0) is 28.0. The van der Waals surface area contributed by atoms with E-state index in [9.17, 15) is 13.2 Å². The van der Waals surface area contributed by atoms with E-state index in [1.54, 1.807) is 17.8 Å². The van der Waals surface area contributed by atoms with Crippen LogP contribution in [0.5, 0.6) is 0 Å². The lowest BCUT2D eigenvalue weighted by atomic mass is 10.0. The number of fused-ring (bicyclic) bond motifs is 1. The van der Waals surface area contributed by atoms with Gasteiger partial charge in [0.2, 0.25) is 0 Å². The summed E-state index contributed by atoms with van der Waals surface area (Å²) >= 11 is 1.68. The first-order valence-corrected chi connectivity index (χ1v) is 14.6. The Labute approximate surface area is 232 Å². The first-order valence-electron chi connectivity index (χ1n) is 13.4. The average Bonchev–Trinajstić information content (AvgIpc) is 3.55. The highest BCUT2D eigenvalue weighted by atomic mass is 32.2. The van der Waals surface area contributed by atoms with E-state index in [1.165, 1.54) is 9.46 Å². The van der Waals surface area contributed by atoms with Crippen molar-refractivity contribution in [2.24, 2.45) is 0 Å². The molecule has 0 aliphatic carbocycles. The van der Waals surface area contributed by atoms with Crippen LogP contribution in [0.4, 0.5) is 24.5 Å². The molecule has 2 aromatic carbocycles. The monoisotopic (exact) mass is 558 g/mol. The quantitative estimate of drug-likeness (QED) is 0.196. The van der Waals surface area contributed by atoms with E-state index >= 15 is 0 Å². The SMILES string of the molecule is CC.CSc1ccc(NCc2cc(-c3cc4c(NC5CCN(C)CC5)cccc4n3CC(F)(F)F)n[nH]2)cc1. The van der Waals surface area contributed by atoms with Crippen LogP contribution < -0.4 is 10.6 Å². The molecule has 1 aliphatic rings. The smallest absolute Gasteiger partial charge is 0.382 e. The highest BCUT2D eigenvalue weighted by molar-refractivity contribution is 7.98. The Balaban J connectivity index is 0.00000172. The summed E-state index contributed by atoms with van der Waals surface area (Å²) < 4.78 is 42.2. The molecule has 1 fully saturated rings. The minimum absolute atomic E-state index is 0.296. The molecule has 4 aromatic rings. The van der Waals surface area contributed by atoms with Gasteiger partial charge in [-0.2, -0.15) is 18.3 Å². The van der Waals surface area contributed by atoms with Crippen molar-refractivity contribution in [2.45, 2.75) is 56.9 Å². The van der Waals surface area contributed by atoms with Gasteiger partial charge in [0, 0.05) is 27.7 Å². The molecule has 6 nitrogen and oxygen atoms in total. The van der Waals surface area contributed by atoms with Crippen molar-refractivity contribution >= 4 is 34.0 Å². The van der Waals surface area contributed by atoms with E-state index < -0.39 is 12.7 Å². The average molecular weight is 559 g/mol. The summed E-state index contributed by atoms with van der Waals surface area (Å²) in [5.41, 5.74) is 4.08. The number of aromatic amines is 1. The molecule has 0 spiro atoms. The number of alkyl halides is 3. The van der Waals surface area contributed by atoms with Gasteiger partial charge >= 0.3 is 6.18 Å². The molecule has 10 heteroatoms. The number of aromatic nitrogens is 3. The number of benzene rings is 2. The van der Waals surface area contributed by atoms with Gasteiger partial charge in [-0.3, -0.25) is 5.10 Å². The van der Waals surface area contributed by atoms with Crippen molar-refractivity contribution in [3.05, 3.63) is 60.3 Å². The predicted molar refractivity (Wildman–Crippen MR) is 157 cm³/mol.